The second-order valence-electron chi connectivity index (χ2n) is 20.6. The summed E-state index contributed by atoms with van der Waals surface area (Å²) in [6.45, 7) is 4.76. The maximum atomic E-state index is 7.42. The van der Waals surface area contributed by atoms with Crippen molar-refractivity contribution in [2.24, 2.45) is 0 Å². The average molecular weight is 932 g/mol. The molecule has 0 aliphatic heterocycles. The highest BCUT2D eigenvalue weighted by Crippen LogP contribution is 2.61. The summed E-state index contributed by atoms with van der Waals surface area (Å²) in [5.74, 6) is 0. The van der Waals surface area contributed by atoms with E-state index in [2.05, 4.69) is 280 Å². The van der Waals surface area contributed by atoms with Crippen LogP contribution in [0.25, 0.3) is 55.3 Å². The van der Waals surface area contributed by atoms with E-state index < -0.39 is 10.8 Å². The Labute approximate surface area is 426 Å². The minimum atomic E-state index is -0.669. The number of fused-ring (bicyclic) bond motifs is 12. The molecule has 0 unspecified atom stereocenters. The lowest BCUT2D eigenvalue weighted by atomic mass is 9.67. The van der Waals surface area contributed by atoms with E-state index in [1.165, 1.54) is 83.5 Å². The lowest BCUT2D eigenvalue weighted by Crippen LogP contribution is -2.29. The number of anilines is 3. The van der Waals surface area contributed by atoms with Crippen LogP contribution in [0.3, 0.4) is 0 Å². The fraction of sp³-hybridized carbons (Fsp3) is 0.0704. The summed E-state index contributed by atoms with van der Waals surface area (Å²) >= 11 is 0. The summed E-state index contributed by atoms with van der Waals surface area (Å²) in [7, 11) is 0. The molecule has 0 radical (unpaired) electrons. The van der Waals surface area contributed by atoms with Crippen molar-refractivity contribution >= 4 is 39.0 Å². The van der Waals surface area contributed by atoms with E-state index in [1.807, 2.05) is 0 Å². The van der Waals surface area contributed by atoms with Crippen LogP contribution in [-0.2, 0) is 16.2 Å². The summed E-state index contributed by atoms with van der Waals surface area (Å²) in [4.78, 5) is 2.53. The van der Waals surface area contributed by atoms with Crippen LogP contribution in [0.15, 0.2) is 265 Å². The molecule has 2 heteroatoms. The second-order valence-corrected chi connectivity index (χ2v) is 20.6. The van der Waals surface area contributed by atoms with Crippen LogP contribution in [0.1, 0.15) is 69.5 Å². The molecule has 1 aromatic heterocycles. The van der Waals surface area contributed by atoms with Gasteiger partial charge >= 0.3 is 0 Å². The van der Waals surface area contributed by atoms with Gasteiger partial charge in [-0.25, -0.2) is 0 Å². The Morgan fingerprint density at radius 3 is 1.29 bits per heavy atom. The Balaban J connectivity index is 1.06. The molecule has 0 amide bonds. The third-order valence-electron chi connectivity index (χ3n) is 16.8. The zero-order chi connectivity index (χ0) is 48.5. The van der Waals surface area contributed by atoms with Gasteiger partial charge in [0, 0.05) is 27.7 Å². The molecule has 3 aliphatic rings. The molecule has 0 bridgehead atoms. The predicted octanol–water partition coefficient (Wildman–Crippen LogP) is 18.1. The highest BCUT2D eigenvalue weighted by Gasteiger charge is 2.49. The second kappa shape index (κ2) is 15.5. The Hall–Kier alpha value is -8.98. The molecule has 0 saturated heterocycles. The van der Waals surface area contributed by atoms with Gasteiger partial charge in [0.25, 0.3) is 0 Å². The number of rotatable bonds is 7. The van der Waals surface area contributed by atoms with E-state index in [9.17, 15) is 0 Å². The highest BCUT2D eigenvalue weighted by molar-refractivity contribution is 6.15. The minimum absolute atomic E-state index is 0.213. The Morgan fingerprint density at radius 1 is 0.315 bits per heavy atom. The van der Waals surface area contributed by atoms with Crippen molar-refractivity contribution in [2.75, 3.05) is 4.90 Å². The van der Waals surface area contributed by atoms with Crippen molar-refractivity contribution in [3.05, 3.63) is 316 Å². The lowest BCUT2D eigenvalue weighted by Gasteiger charge is -2.36. The van der Waals surface area contributed by atoms with Crippen molar-refractivity contribution in [1.29, 1.82) is 0 Å². The Morgan fingerprint density at radius 2 is 0.726 bits per heavy atom. The summed E-state index contributed by atoms with van der Waals surface area (Å²) in [5, 5.41) is 2.15. The molecule has 2 nitrogen and oxygen atoms in total. The molecule has 3 aliphatic carbocycles. The minimum Gasteiger partial charge on any atom is -0.456 e. The molecule has 0 saturated carbocycles. The summed E-state index contributed by atoms with van der Waals surface area (Å²) in [6, 6.07) is 97.1. The molecule has 0 spiro atoms. The predicted molar refractivity (Wildman–Crippen MR) is 301 cm³/mol. The third kappa shape index (κ3) is 5.58. The average Bonchev–Trinajstić information content (AvgIpc) is 4.17. The number of benzene rings is 11. The first kappa shape index (κ1) is 41.8. The molecule has 0 atom stereocenters. The van der Waals surface area contributed by atoms with Gasteiger partial charge in [0.2, 0.25) is 0 Å². The largest absolute Gasteiger partial charge is 0.456 e. The van der Waals surface area contributed by atoms with Gasteiger partial charge in [-0.05, 0) is 120 Å². The topological polar surface area (TPSA) is 16.4 Å². The number of hydrogen-bond acceptors (Lipinski definition) is 2. The number of nitrogens with zero attached hydrogens (tertiary/aromatic N) is 1. The number of furan rings is 1. The molecule has 12 aromatic rings. The Kier molecular flexibility index (Phi) is 8.87. The van der Waals surface area contributed by atoms with E-state index in [4.69, 9.17) is 4.42 Å². The first-order chi connectivity index (χ1) is 36.0. The highest BCUT2D eigenvalue weighted by atomic mass is 16.3. The van der Waals surface area contributed by atoms with E-state index >= 15 is 0 Å². The van der Waals surface area contributed by atoms with Crippen molar-refractivity contribution in [3.8, 4) is 33.4 Å². The van der Waals surface area contributed by atoms with Crippen molar-refractivity contribution in [1.82, 2.24) is 0 Å². The molecular formula is C71H49NO. The van der Waals surface area contributed by atoms with Crippen LogP contribution in [0.5, 0.6) is 0 Å². The fourth-order valence-electron chi connectivity index (χ4n) is 13.8. The monoisotopic (exact) mass is 931 g/mol. The van der Waals surface area contributed by atoms with Gasteiger partial charge in [0.05, 0.1) is 21.9 Å². The van der Waals surface area contributed by atoms with E-state index in [0.717, 1.165) is 44.6 Å². The summed E-state index contributed by atoms with van der Waals surface area (Å²) in [5.41, 5.74) is 23.6. The van der Waals surface area contributed by atoms with Crippen LogP contribution >= 0.6 is 0 Å². The number of hydrogen-bond donors (Lipinski definition) is 0. The first-order valence-corrected chi connectivity index (χ1v) is 25.6. The first-order valence-electron chi connectivity index (χ1n) is 25.6. The van der Waals surface area contributed by atoms with Crippen LogP contribution < -0.4 is 4.90 Å². The molecule has 73 heavy (non-hydrogen) atoms. The third-order valence-corrected chi connectivity index (χ3v) is 16.8. The van der Waals surface area contributed by atoms with Crippen LogP contribution in [0.2, 0.25) is 0 Å². The van der Waals surface area contributed by atoms with Gasteiger partial charge in [-0.2, -0.15) is 0 Å². The Bertz CT molecular complexity index is 4100. The summed E-state index contributed by atoms with van der Waals surface area (Å²) in [6.07, 6.45) is 0. The normalized spacial score (nSPS) is 14.8. The molecule has 0 fully saturated rings. The molecular weight excluding hydrogens is 883 g/mol. The van der Waals surface area contributed by atoms with Gasteiger partial charge in [-0.3, -0.25) is 0 Å². The lowest BCUT2D eigenvalue weighted by molar-refractivity contribution is 0.648. The van der Waals surface area contributed by atoms with E-state index in [-0.39, 0.29) is 5.41 Å². The smallest absolute Gasteiger partial charge is 0.142 e. The standard InChI is InChI=1S/C71H49NO/c1-69(2)58-33-17-12-28-51(58)55-40-38-49(44-63(55)69)72(50-39-41-56-54-31-13-18-34-59(54)70(64(56)45-50,46-22-6-3-7-23-46)47-24-8-4-9-25-47)65-43-42-62(68-67(65)57-32-16-21-37-66(57)73-68)71(48-26-10-5-11-27-48)60-35-19-14-29-52(60)53-30-15-20-36-61(53)71/h3-45H,1-2H3. The van der Waals surface area contributed by atoms with Gasteiger partial charge in [-0.1, -0.05) is 238 Å². The quantitative estimate of drug-likeness (QED) is 0.158. The maximum Gasteiger partial charge on any atom is 0.142 e. The SMILES string of the molecule is CC1(C)c2ccccc2-c2ccc(N(c3ccc4c(c3)C(c3ccccc3)(c3ccccc3)c3ccccc3-4)c3ccc(C4(c5ccccc5)c5ccccc5-c5ccccc54)c4oc5ccccc5c34)cc21. The molecule has 11 aromatic carbocycles. The van der Waals surface area contributed by atoms with Gasteiger partial charge in [0.1, 0.15) is 11.2 Å². The van der Waals surface area contributed by atoms with Crippen LogP contribution in [0.4, 0.5) is 17.1 Å². The van der Waals surface area contributed by atoms with Crippen molar-refractivity contribution in [2.45, 2.75) is 30.1 Å². The van der Waals surface area contributed by atoms with Crippen LogP contribution in [0, 0.1) is 0 Å². The van der Waals surface area contributed by atoms with E-state index in [1.54, 1.807) is 0 Å². The fourth-order valence-corrected chi connectivity index (χ4v) is 13.8. The number of para-hydroxylation sites is 1. The zero-order valence-corrected chi connectivity index (χ0v) is 40.7. The molecule has 0 N–H and O–H groups in total. The van der Waals surface area contributed by atoms with Gasteiger partial charge in [-0.15, -0.1) is 0 Å². The molecule has 1 heterocycles. The van der Waals surface area contributed by atoms with Crippen molar-refractivity contribution in [3.63, 3.8) is 0 Å². The van der Waals surface area contributed by atoms with Crippen LogP contribution in [-0.4, -0.2) is 0 Å². The molecule has 15 rings (SSSR count). The van der Waals surface area contributed by atoms with Gasteiger partial charge in [0.15, 0.2) is 0 Å². The maximum absolute atomic E-state index is 7.42. The molecule has 344 valence electrons. The van der Waals surface area contributed by atoms with Gasteiger partial charge < -0.3 is 9.32 Å². The van der Waals surface area contributed by atoms with E-state index in [0.29, 0.717) is 0 Å². The van der Waals surface area contributed by atoms with Crippen molar-refractivity contribution < 1.29 is 4.42 Å². The zero-order valence-electron chi connectivity index (χ0n) is 40.7. The summed E-state index contributed by atoms with van der Waals surface area (Å²) < 4.78 is 7.42.